The molecule has 0 saturated heterocycles. The fourth-order valence-electron chi connectivity index (χ4n) is 1.55. The van der Waals surface area contributed by atoms with Crippen LogP contribution in [0.3, 0.4) is 0 Å². The van der Waals surface area contributed by atoms with E-state index in [9.17, 15) is 4.79 Å². The average molecular weight is 262 g/mol. The number of rotatable bonds is 4. The van der Waals surface area contributed by atoms with Crippen molar-refractivity contribution < 1.29 is 9.53 Å². The number of esters is 1. The van der Waals surface area contributed by atoms with E-state index >= 15 is 0 Å². The van der Waals surface area contributed by atoms with Crippen LogP contribution in [0.2, 0.25) is 0 Å². The lowest BCUT2D eigenvalue weighted by molar-refractivity contribution is 0.0601. The van der Waals surface area contributed by atoms with Crippen molar-refractivity contribution in [3.05, 3.63) is 45.9 Å². The third-order valence-corrected chi connectivity index (χ3v) is 3.33. The molecule has 0 amide bonds. The summed E-state index contributed by atoms with van der Waals surface area (Å²) in [5.41, 5.74) is 1.44. The SMILES string of the molecule is COC(=O)c1cccc(NCc2cnc(C)s2)c1. The summed E-state index contributed by atoms with van der Waals surface area (Å²) >= 11 is 1.66. The van der Waals surface area contributed by atoms with E-state index in [1.165, 1.54) is 7.11 Å². The Morgan fingerprint density at radius 1 is 1.50 bits per heavy atom. The van der Waals surface area contributed by atoms with Crippen molar-refractivity contribution in [1.29, 1.82) is 0 Å². The molecule has 0 aliphatic carbocycles. The predicted octanol–water partition coefficient (Wildman–Crippen LogP) is 2.85. The van der Waals surface area contributed by atoms with Crippen LogP contribution < -0.4 is 5.32 Å². The summed E-state index contributed by atoms with van der Waals surface area (Å²) in [6, 6.07) is 7.25. The predicted molar refractivity (Wildman–Crippen MR) is 72.0 cm³/mol. The lowest BCUT2D eigenvalue weighted by atomic mass is 10.2. The number of carbonyl (C=O) groups excluding carboxylic acids is 1. The molecular formula is C13H14N2O2S. The van der Waals surface area contributed by atoms with E-state index in [4.69, 9.17) is 0 Å². The standard InChI is InChI=1S/C13H14N2O2S/c1-9-14-7-12(18-9)8-15-11-5-3-4-10(6-11)13(16)17-2/h3-7,15H,8H2,1-2H3. The third-order valence-electron chi connectivity index (χ3n) is 2.42. The second kappa shape index (κ2) is 5.64. The Hall–Kier alpha value is -1.88. The fourth-order valence-corrected chi connectivity index (χ4v) is 2.28. The van der Waals surface area contributed by atoms with E-state index in [1.807, 2.05) is 25.3 Å². The molecule has 18 heavy (non-hydrogen) atoms. The van der Waals surface area contributed by atoms with Crippen molar-refractivity contribution in [2.75, 3.05) is 12.4 Å². The van der Waals surface area contributed by atoms with E-state index in [1.54, 1.807) is 23.5 Å². The molecular weight excluding hydrogens is 248 g/mol. The van der Waals surface area contributed by atoms with Crippen molar-refractivity contribution in [3.8, 4) is 0 Å². The van der Waals surface area contributed by atoms with Gasteiger partial charge < -0.3 is 10.1 Å². The number of thiazole rings is 1. The van der Waals surface area contributed by atoms with Crippen molar-refractivity contribution in [2.24, 2.45) is 0 Å². The molecule has 0 aliphatic rings. The first-order chi connectivity index (χ1) is 8.69. The number of nitrogens with one attached hydrogen (secondary N) is 1. The molecule has 1 aromatic heterocycles. The van der Waals surface area contributed by atoms with Gasteiger partial charge >= 0.3 is 5.97 Å². The Morgan fingerprint density at radius 2 is 2.33 bits per heavy atom. The highest BCUT2D eigenvalue weighted by atomic mass is 32.1. The first-order valence-corrected chi connectivity index (χ1v) is 6.34. The molecule has 5 heteroatoms. The monoisotopic (exact) mass is 262 g/mol. The lowest BCUT2D eigenvalue weighted by Gasteiger charge is -2.06. The zero-order chi connectivity index (χ0) is 13.0. The molecule has 4 nitrogen and oxygen atoms in total. The van der Waals surface area contributed by atoms with Crippen LogP contribution in [0.5, 0.6) is 0 Å². The topological polar surface area (TPSA) is 51.2 Å². The molecule has 0 radical (unpaired) electrons. The van der Waals surface area contributed by atoms with Crippen LogP contribution in [-0.2, 0) is 11.3 Å². The summed E-state index contributed by atoms with van der Waals surface area (Å²) in [5, 5.41) is 4.31. The summed E-state index contributed by atoms with van der Waals surface area (Å²) in [6.07, 6.45) is 1.86. The molecule has 1 N–H and O–H groups in total. The minimum atomic E-state index is -0.327. The lowest BCUT2D eigenvalue weighted by Crippen LogP contribution is -2.03. The maximum Gasteiger partial charge on any atom is 0.337 e. The van der Waals surface area contributed by atoms with E-state index < -0.39 is 0 Å². The Labute approximate surface area is 110 Å². The summed E-state index contributed by atoms with van der Waals surface area (Å²) in [5.74, 6) is -0.327. The fraction of sp³-hybridized carbons (Fsp3) is 0.231. The van der Waals surface area contributed by atoms with Crippen LogP contribution in [0, 0.1) is 6.92 Å². The number of methoxy groups -OCH3 is 1. The van der Waals surface area contributed by atoms with Crippen LogP contribution in [0.15, 0.2) is 30.5 Å². The van der Waals surface area contributed by atoms with Gasteiger partial charge in [-0.05, 0) is 25.1 Å². The van der Waals surface area contributed by atoms with E-state index in [2.05, 4.69) is 15.0 Å². The molecule has 2 rings (SSSR count). The molecule has 0 spiro atoms. The molecule has 94 valence electrons. The van der Waals surface area contributed by atoms with Crippen LogP contribution >= 0.6 is 11.3 Å². The number of aromatic nitrogens is 1. The summed E-state index contributed by atoms with van der Waals surface area (Å²) in [4.78, 5) is 16.7. The maximum atomic E-state index is 11.4. The summed E-state index contributed by atoms with van der Waals surface area (Å²) in [6.45, 7) is 2.68. The van der Waals surface area contributed by atoms with Gasteiger partial charge in [-0.3, -0.25) is 0 Å². The Balaban J connectivity index is 2.03. The van der Waals surface area contributed by atoms with Gasteiger partial charge in [0.15, 0.2) is 0 Å². The average Bonchev–Trinajstić information content (AvgIpc) is 2.81. The number of nitrogens with zero attached hydrogens (tertiary/aromatic N) is 1. The smallest absolute Gasteiger partial charge is 0.337 e. The van der Waals surface area contributed by atoms with Crippen LogP contribution in [0.4, 0.5) is 5.69 Å². The molecule has 1 heterocycles. The van der Waals surface area contributed by atoms with Crippen molar-refractivity contribution in [2.45, 2.75) is 13.5 Å². The van der Waals surface area contributed by atoms with Crippen LogP contribution in [0.25, 0.3) is 0 Å². The third kappa shape index (κ3) is 3.07. The van der Waals surface area contributed by atoms with Crippen molar-refractivity contribution in [3.63, 3.8) is 0 Å². The molecule has 0 saturated carbocycles. The molecule has 0 fully saturated rings. The molecule has 0 bridgehead atoms. The summed E-state index contributed by atoms with van der Waals surface area (Å²) in [7, 11) is 1.38. The van der Waals surface area contributed by atoms with Crippen LogP contribution in [-0.4, -0.2) is 18.1 Å². The maximum absolute atomic E-state index is 11.4. The highest BCUT2D eigenvalue weighted by molar-refractivity contribution is 7.11. The second-order valence-corrected chi connectivity index (χ2v) is 5.09. The minimum Gasteiger partial charge on any atom is -0.465 e. The number of aryl methyl sites for hydroxylation is 1. The largest absolute Gasteiger partial charge is 0.465 e. The van der Waals surface area contributed by atoms with Gasteiger partial charge in [0.2, 0.25) is 0 Å². The number of ether oxygens (including phenoxy) is 1. The zero-order valence-corrected chi connectivity index (χ0v) is 11.1. The number of hydrogen-bond acceptors (Lipinski definition) is 5. The number of benzene rings is 1. The van der Waals surface area contributed by atoms with Gasteiger partial charge in [-0.1, -0.05) is 6.07 Å². The Bertz CT molecular complexity index is 551. The van der Waals surface area contributed by atoms with Gasteiger partial charge in [0.1, 0.15) is 0 Å². The van der Waals surface area contributed by atoms with Gasteiger partial charge in [0, 0.05) is 16.8 Å². The highest BCUT2D eigenvalue weighted by Crippen LogP contribution is 2.16. The van der Waals surface area contributed by atoms with E-state index in [0.29, 0.717) is 12.1 Å². The van der Waals surface area contributed by atoms with E-state index in [0.717, 1.165) is 15.6 Å². The van der Waals surface area contributed by atoms with Gasteiger partial charge in [0.25, 0.3) is 0 Å². The van der Waals surface area contributed by atoms with E-state index in [-0.39, 0.29) is 5.97 Å². The first-order valence-electron chi connectivity index (χ1n) is 5.52. The minimum absolute atomic E-state index is 0.327. The zero-order valence-electron chi connectivity index (χ0n) is 10.3. The van der Waals surface area contributed by atoms with Gasteiger partial charge in [-0.25, -0.2) is 9.78 Å². The van der Waals surface area contributed by atoms with Crippen molar-refractivity contribution >= 4 is 23.0 Å². The van der Waals surface area contributed by atoms with Crippen LogP contribution in [0.1, 0.15) is 20.2 Å². The highest BCUT2D eigenvalue weighted by Gasteiger charge is 2.05. The summed E-state index contributed by atoms with van der Waals surface area (Å²) < 4.78 is 4.68. The number of anilines is 1. The Morgan fingerprint density at radius 3 is 3.00 bits per heavy atom. The molecule has 1 aromatic carbocycles. The van der Waals surface area contributed by atoms with Gasteiger partial charge in [-0.2, -0.15) is 0 Å². The Kier molecular flexibility index (Phi) is 3.94. The molecule has 0 unspecified atom stereocenters. The first kappa shape index (κ1) is 12.6. The second-order valence-electron chi connectivity index (χ2n) is 3.77. The molecule has 2 aromatic rings. The molecule has 0 atom stereocenters. The van der Waals surface area contributed by atoms with Crippen molar-refractivity contribution in [1.82, 2.24) is 4.98 Å². The molecule has 0 aliphatic heterocycles. The van der Waals surface area contributed by atoms with Gasteiger partial charge in [0.05, 0.1) is 24.2 Å². The number of hydrogen-bond donors (Lipinski definition) is 1. The van der Waals surface area contributed by atoms with Gasteiger partial charge in [-0.15, -0.1) is 11.3 Å². The normalized spacial score (nSPS) is 10.1. The number of carbonyl (C=O) groups is 1. The quantitative estimate of drug-likeness (QED) is 0.861.